The summed E-state index contributed by atoms with van der Waals surface area (Å²) in [6.07, 6.45) is 2.70. The molecule has 15 heavy (non-hydrogen) atoms. The van der Waals surface area contributed by atoms with Crippen LogP contribution in [0, 0.1) is 0 Å². The fraction of sp³-hybridized carbons (Fsp3) is 0.667. The van der Waals surface area contributed by atoms with Crippen LogP contribution in [0.25, 0.3) is 0 Å². The van der Waals surface area contributed by atoms with E-state index < -0.39 is 0 Å². The smallest absolute Gasteiger partial charge is 0.0328 e. The Morgan fingerprint density at radius 2 is 2.53 bits per heavy atom. The highest BCUT2D eigenvalue weighted by Crippen LogP contribution is 2.13. The third-order valence-electron chi connectivity index (χ3n) is 3.05. The fourth-order valence-electron chi connectivity index (χ4n) is 2.15. The normalized spacial score (nSPS) is 21.3. The van der Waals surface area contributed by atoms with Gasteiger partial charge in [-0.3, -0.25) is 4.90 Å². The van der Waals surface area contributed by atoms with Gasteiger partial charge in [-0.1, -0.05) is 13.0 Å². The van der Waals surface area contributed by atoms with Crippen LogP contribution in [0.2, 0.25) is 0 Å². The monoisotopic (exact) mass is 224 g/mol. The Bertz CT molecular complexity index is 265. The quantitative estimate of drug-likeness (QED) is 0.826. The van der Waals surface area contributed by atoms with Crippen molar-refractivity contribution in [2.75, 3.05) is 19.6 Å². The summed E-state index contributed by atoms with van der Waals surface area (Å²) < 4.78 is 0. The molecule has 2 rings (SSSR count). The molecule has 1 aliphatic rings. The van der Waals surface area contributed by atoms with E-state index in [0.717, 1.165) is 19.1 Å². The molecule has 0 aromatic carbocycles. The second-order valence-electron chi connectivity index (χ2n) is 4.20. The van der Waals surface area contributed by atoms with Gasteiger partial charge in [-0.2, -0.15) is 0 Å². The molecule has 1 atom stereocenters. The Kier molecular flexibility index (Phi) is 4.18. The highest BCUT2D eigenvalue weighted by Gasteiger charge is 2.17. The molecular weight excluding hydrogens is 204 g/mol. The van der Waals surface area contributed by atoms with E-state index in [4.69, 9.17) is 0 Å². The molecule has 1 N–H and O–H groups in total. The number of rotatable bonds is 5. The second kappa shape index (κ2) is 5.64. The van der Waals surface area contributed by atoms with Gasteiger partial charge < -0.3 is 5.32 Å². The molecule has 84 valence electrons. The van der Waals surface area contributed by atoms with Gasteiger partial charge in [0.25, 0.3) is 0 Å². The molecule has 0 radical (unpaired) electrons. The van der Waals surface area contributed by atoms with Gasteiger partial charge in [0.2, 0.25) is 0 Å². The zero-order valence-corrected chi connectivity index (χ0v) is 10.2. The van der Waals surface area contributed by atoms with Gasteiger partial charge in [0.05, 0.1) is 0 Å². The SMILES string of the molecule is CCN(Cc1cccs1)C[C@@H]1CCCN1. The van der Waals surface area contributed by atoms with Crippen LogP contribution in [0.4, 0.5) is 0 Å². The van der Waals surface area contributed by atoms with Crippen LogP contribution in [0.5, 0.6) is 0 Å². The predicted molar refractivity (Wildman–Crippen MR) is 66.3 cm³/mol. The van der Waals surface area contributed by atoms with Gasteiger partial charge in [0, 0.05) is 24.0 Å². The van der Waals surface area contributed by atoms with Crippen LogP contribution >= 0.6 is 11.3 Å². The number of nitrogens with zero attached hydrogens (tertiary/aromatic N) is 1. The lowest BCUT2D eigenvalue weighted by Crippen LogP contribution is -2.36. The molecule has 1 saturated heterocycles. The molecule has 1 aromatic heterocycles. The maximum atomic E-state index is 3.56. The zero-order valence-electron chi connectivity index (χ0n) is 9.41. The van der Waals surface area contributed by atoms with Gasteiger partial charge in [0.1, 0.15) is 0 Å². The van der Waals surface area contributed by atoms with Crippen LogP contribution in [0.3, 0.4) is 0 Å². The van der Waals surface area contributed by atoms with Gasteiger partial charge in [-0.05, 0) is 37.4 Å². The van der Waals surface area contributed by atoms with Gasteiger partial charge >= 0.3 is 0 Å². The van der Waals surface area contributed by atoms with Crippen molar-refractivity contribution in [3.05, 3.63) is 22.4 Å². The molecule has 0 saturated carbocycles. The largest absolute Gasteiger partial charge is 0.313 e. The summed E-state index contributed by atoms with van der Waals surface area (Å²) in [5.41, 5.74) is 0. The molecular formula is C12H20N2S. The first kappa shape index (κ1) is 11.1. The Labute approximate surface area is 96.3 Å². The fourth-order valence-corrected chi connectivity index (χ4v) is 2.90. The minimum Gasteiger partial charge on any atom is -0.313 e. The van der Waals surface area contributed by atoms with Crippen LogP contribution in [0.15, 0.2) is 17.5 Å². The average Bonchev–Trinajstić information content (AvgIpc) is 2.89. The third-order valence-corrected chi connectivity index (χ3v) is 3.91. The molecule has 0 aliphatic carbocycles. The molecule has 2 heterocycles. The molecule has 1 fully saturated rings. The van der Waals surface area contributed by atoms with Gasteiger partial charge in [-0.25, -0.2) is 0 Å². The second-order valence-corrected chi connectivity index (χ2v) is 5.23. The first-order valence-corrected chi connectivity index (χ1v) is 6.74. The summed E-state index contributed by atoms with van der Waals surface area (Å²) in [5.74, 6) is 0. The minimum atomic E-state index is 0.727. The van der Waals surface area contributed by atoms with E-state index >= 15 is 0 Å². The Morgan fingerprint density at radius 1 is 1.60 bits per heavy atom. The molecule has 1 aliphatic heterocycles. The topological polar surface area (TPSA) is 15.3 Å². The number of thiophene rings is 1. The van der Waals surface area contributed by atoms with Crippen molar-refractivity contribution in [1.82, 2.24) is 10.2 Å². The summed E-state index contributed by atoms with van der Waals surface area (Å²) in [6.45, 7) is 6.93. The zero-order chi connectivity index (χ0) is 10.5. The number of hydrogen-bond donors (Lipinski definition) is 1. The van der Waals surface area contributed by atoms with Crippen LogP contribution in [-0.2, 0) is 6.54 Å². The highest BCUT2D eigenvalue weighted by molar-refractivity contribution is 7.09. The standard InChI is InChI=1S/C12H20N2S/c1-2-14(9-11-5-3-7-13-11)10-12-6-4-8-15-12/h4,6,8,11,13H,2-3,5,7,9-10H2,1H3/t11-/m0/s1. The lowest BCUT2D eigenvalue weighted by molar-refractivity contribution is 0.255. The van der Waals surface area contributed by atoms with E-state index in [2.05, 4.69) is 34.7 Å². The van der Waals surface area contributed by atoms with Gasteiger partial charge in [-0.15, -0.1) is 11.3 Å². The summed E-state index contributed by atoms with van der Waals surface area (Å²) in [6, 6.07) is 5.10. The van der Waals surface area contributed by atoms with E-state index in [1.165, 1.54) is 30.8 Å². The maximum absolute atomic E-state index is 3.56. The van der Waals surface area contributed by atoms with Crippen LogP contribution in [0.1, 0.15) is 24.6 Å². The van der Waals surface area contributed by atoms with Crippen LogP contribution in [-0.4, -0.2) is 30.6 Å². The summed E-state index contributed by atoms with van der Waals surface area (Å²) in [5, 5.41) is 5.73. The minimum absolute atomic E-state index is 0.727. The summed E-state index contributed by atoms with van der Waals surface area (Å²) in [4.78, 5) is 4.02. The molecule has 0 spiro atoms. The van der Waals surface area contributed by atoms with Crippen molar-refractivity contribution in [3.8, 4) is 0 Å². The lowest BCUT2D eigenvalue weighted by Gasteiger charge is -2.23. The van der Waals surface area contributed by atoms with E-state index in [1.807, 2.05) is 11.3 Å². The number of hydrogen-bond acceptors (Lipinski definition) is 3. The van der Waals surface area contributed by atoms with Crippen molar-refractivity contribution in [1.29, 1.82) is 0 Å². The van der Waals surface area contributed by atoms with E-state index in [0.29, 0.717) is 0 Å². The molecule has 1 aromatic rings. The Balaban J connectivity index is 1.81. The number of likely N-dealkylation sites (N-methyl/N-ethyl adjacent to an activating group) is 1. The summed E-state index contributed by atoms with van der Waals surface area (Å²) >= 11 is 1.86. The first-order chi connectivity index (χ1) is 7.38. The van der Waals surface area contributed by atoms with Crippen molar-refractivity contribution in [2.24, 2.45) is 0 Å². The Morgan fingerprint density at radius 3 is 3.13 bits per heavy atom. The highest BCUT2D eigenvalue weighted by atomic mass is 32.1. The van der Waals surface area contributed by atoms with Crippen LogP contribution < -0.4 is 5.32 Å². The molecule has 2 nitrogen and oxygen atoms in total. The van der Waals surface area contributed by atoms with Crippen molar-refractivity contribution in [3.63, 3.8) is 0 Å². The predicted octanol–water partition coefficient (Wildman–Crippen LogP) is 2.32. The average molecular weight is 224 g/mol. The lowest BCUT2D eigenvalue weighted by atomic mass is 10.2. The van der Waals surface area contributed by atoms with Crippen molar-refractivity contribution >= 4 is 11.3 Å². The van der Waals surface area contributed by atoms with E-state index in [-0.39, 0.29) is 0 Å². The molecule has 0 amide bonds. The Hall–Kier alpha value is -0.380. The number of nitrogens with one attached hydrogen (secondary N) is 1. The van der Waals surface area contributed by atoms with Crippen molar-refractivity contribution in [2.45, 2.75) is 32.4 Å². The maximum Gasteiger partial charge on any atom is 0.0328 e. The molecule has 0 unspecified atom stereocenters. The molecule has 3 heteroatoms. The first-order valence-electron chi connectivity index (χ1n) is 5.86. The van der Waals surface area contributed by atoms with E-state index in [1.54, 1.807) is 0 Å². The van der Waals surface area contributed by atoms with Crippen molar-refractivity contribution < 1.29 is 0 Å². The third kappa shape index (κ3) is 3.30. The van der Waals surface area contributed by atoms with E-state index in [9.17, 15) is 0 Å². The van der Waals surface area contributed by atoms with Gasteiger partial charge in [0.15, 0.2) is 0 Å². The molecule has 0 bridgehead atoms. The summed E-state index contributed by atoms with van der Waals surface area (Å²) in [7, 11) is 0.